The first-order valence-corrected chi connectivity index (χ1v) is 11.2. The molecule has 1 fully saturated rings. The van der Waals surface area contributed by atoms with Crippen molar-refractivity contribution >= 4 is 28.0 Å². The lowest BCUT2D eigenvalue weighted by Crippen LogP contribution is -2.56. The summed E-state index contributed by atoms with van der Waals surface area (Å²) in [5.74, 6) is -0.800. The molecule has 4 aromatic rings. The van der Waals surface area contributed by atoms with E-state index in [-0.39, 0.29) is 13.1 Å². The average Bonchev–Trinajstić information content (AvgIpc) is 3.33. The summed E-state index contributed by atoms with van der Waals surface area (Å²) < 4.78 is 35.5. The molecular formula is C23H25F2N7O. The molecule has 172 valence electrons. The van der Waals surface area contributed by atoms with Crippen molar-refractivity contribution < 1.29 is 13.5 Å². The van der Waals surface area contributed by atoms with Crippen molar-refractivity contribution in [1.29, 1.82) is 0 Å². The van der Waals surface area contributed by atoms with E-state index < -0.39 is 11.5 Å². The number of H-pyrrole nitrogens is 1. The fourth-order valence-corrected chi connectivity index (χ4v) is 4.75. The summed E-state index contributed by atoms with van der Waals surface area (Å²) in [5.41, 5.74) is 3.25. The van der Waals surface area contributed by atoms with Gasteiger partial charge >= 0.3 is 0 Å². The van der Waals surface area contributed by atoms with E-state index in [1.165, 1.54) is 0 Å². The maximum absolute atomic E-state index is 13.8. The number of halogens is 2. The van der Waals surface area contributed by atoms with Crippen LogP contribution in [0.4, 0.5) is 14.6 Å². The number of rotatable bonds is 3. The molecule has 0 aromatic carbocycles. The molecule has 10 heteroatoms. The van der Waals surface area contributed by atoms with E-state index in [0.29, 0.717) is 41.9 Å². The van der Waals surface area contributed by atoms with Crippen molar-refractivity contribution in [2.45, 2.75) is 51.7 Å². The number of pyridine rings is 1. The summed E-state index contributed by atoms with van der Waals surface area (Å²) in [4.78, 5) is 23.7. The Morgan fingerprint density at radius 3 is 2.67 bits per heavy atom. The van der Waals surface area contributed by atoms with Crippen molar-refractivity contribution in [2.24, 2.45) is 0 Å². The van der Waals surface area contributed by atoms with E-state index in [0.717, 1.165) is 28.0 Å². The zero-order valence-electron chi connectivity index (χ0n) is 19.0. The second kappa shape index (κ2) is 6.69. The summed E-state index contributed by atoms with van der Waals surface area (Å²) >= 11 is 0. The summed E-state index contributed by atoms with van der Waals surface area (Å²) in [6.07, 6.45) is 3.69. The molecule has 0 amide bonds. The minimum atomic E-state index is -2.73. The van der Waals surface area contributed by atoms with E-state index in [2.05, 4.69) is 23.8 Å². The first-order valence-electron chi connectivity index (χ1n) is 11.2. The zero-order chi connectivity index (χ0) is 23.1. The molecule has 0 spiro atoms. The van der Waals surface area contributed by atoms with Gasteiger partial charge in [0.15, 0.2) is 22.8 Å². The molecule has 0 saturated carbocycles. The maximum atomic E-state index is 13.8. The van der Waals surface area contributed by atoms with Gasteiger partial charge in [-0.05, 0) is 31.4 Å². The third-order valence-corrected chi connectivity index (χ3v) is 6.48. The molecule has 8 nitrogen and oxygen atoms in total. The van der Waals surface area contributed by atoms with E-state index in [9.17, 15) is 8.78 Å². The highest BCUT2D eigenvalue weighted by Gasteiger charge is 2.46. The number of anilines is 1. The Kier molecular flexibility index (Phi) is 4.15. The molecule has 0 atom stereocenters. The zero-order valence-corrected chi connectivity index (χ0v) is 19.0. The minimum Gasteiger partial charge on any atom is -0.366 e. The van der Waals surface area contributed by atoms with Crippen LogP contribution in [0.5, 0.6) is 0 Å². The van der Waals surface area contributed by atoms with Crippen molar-refractivity contribution in [3.8, 4) is 11.4 Å². The molecule has 1 saturated heterocycles. The van der Waals surface area contributed by atoms with Gasteiger partial charge in [-0.25, -0.2) is 28.7 Å². The lowest BCUT2D eigenvalue weighted by atomic mass is 10.0. The molecule has 0 radical (unpaired) electrons. The quantitative estimate of drug-likeness (QED) is 0.500. The molecule has 0 aliphatic carbocycles. The largest absolute Gasteiger partial charge is 0.366 e. The van der Waals surface area contributed by atoms with Gasteiger partial charge in [-0.15, -0.1) is 0 Å². The van der Waals surface area contributed by atoms with Crippen LogP contribution in [-0.2, 0) is 16.9 Å². The van der Waals surface area contributed by atoms with Crippen molar-refractivity contribution in [3.05, 3.63) is 29.8 Å². The number of hydrogen-bond donors (Lipinski definition) is 1. The van der Waals surface area contributed by atoms with Gasteiger partial charge in [0.25, 0.3) is 5.92 Å². The molecule has 2 aliphatic rings. The van der Waals surface area contributed by atoms with Gasteiger partial charge in [-0.2, -0.15) is 0 Å². The second-order valence-electron chi connectivity index (χ2n) is 9.72. The van der Waals surface area contributed by atoms with Gasteiger partial charge < -0.3 is 19.2 Å². The molecule has 4 aromatic heterocycles. The highest BCUT2D eigenvalue weighted by atomic mass is 19.3. The lowest BCUT2D eigenvalue weighted by molar-refractivity contribution is -0.0530. The fraction of sp³-hybridized carbons (Fsp3) is 0.478. The fourth-order valence-electron chi connectivity index (χ4n) is 4.75. The van der Waals surface area contributed by atoms with Gasteiger partial charge in [0.05, 0.1) is 19.7 Å². The number of alkyl halides is 2. The highest BCUT2D eigenvalue weighted by Crippen LogP contribution is 2.39. The molecule has 2 aliphatic heterocycles. The van der Waals surface area contributed by atoms with Gasteiger partial charge in [-0.1, -0.05) is 13.8 Å². The van der Waals surface area contributed by atoms with E-state index >= 15 is 0 Å². The van der Waals surface area contributed by atoms with Crippen molar-refractivity contribution in [2.75, 3.05) is 24.6 Å². The van der Waals surface area contributed by atoms with E-state index in [4.69, 9.17) is 19.7 Å². The minimum absolute atomic E-state index is 0.321. The van der Waals surface area contributed by atoms with Crippen molar-refractivity contribution in [1.82, 2.24) is 29.5 Å². The third kappa shape index (κ3) is 3.11. The Morgan fingerprint density at radius 1 is 1.15 bits per heavy atom. The van der Waals surface area contributed by atoms with Gasteiger partial charge in [-0.3, -0.25) is 0 Å². The maximum Gasteiger partial charge on any atom is 0.282 e. The van der Waals surface area contributed by atoms with E-state index in [1.807, 2.05) is 30.7 Å². The molecule has 1 N–H and O–H groups in total. The molecule has 0 bridgehead atoms. The Balaban J connectivity index is 1.57. The number of aromatic nitrogens is 6. The summed E-state index contributed by atoms with van der Waals surface area (Å²) in [6.45, 7) is 8.51. The molecule has 6 rings (SSSR count). The molecular weight excluding hydrogens is 428 g/mol. The normalized spacial score (nSPS) is 19.3. The first-order chi connectivity index (χ1) is 15.6. The SMILES string of the molecule is CC(C)c1c[nH]c2ncc(-c3nc(N4CC(F)(F)C4)c4nc5n(c4n3)CCOC5(C)C)cc12. The number of fused-ring (bicyclic) bond motifs is 4. The smallest absolute Gasteiger partial charge is 0.282 e. The number of hydrogen-bond acceptors (Lipinski definition) is 6. The number of nitrogens with one attached hydrogen (secondary N) is 1. The predicted molar refractivity (Wildman–Crippen MR) is 121 cm³/mol. The van der Waals surface area contributed by atoms with Crippen LogP contribution in [0.2, 0.25) is 0 Å². The number of ether oxygens (including phenoxy) is 1. The Hall–Kier alpha value is -3.14. The van der Waals surface area contributed by atoms with Crippen LogP contribution in [0.3, 0.4) is 0 Å². The van der Waals surface area contributed by atoms with Crippen LogP contribution in [0.15, 0.2) is 18.5 Å². The monoisotopic (exact) mass is 453 g/mol. The Bertz CT molecular complexity index is 1400. The van der Waals surface area contributed by atoms with Gasteiger partial charge in [0, 0.05) is 29.9 Å². The lowest BCUT2D eigenvalue weighted by Gasteiger charge is -2.39. The van der Waals surface area contributed by atoms with Crippen LogP contribution >= 0.6 is 0 Å². The summed E-state index contributed by atoms with van der Waals surface area (Å²) in [6, 6.07) is 2.02. The third-order valence-electron chi connectivity index (χ3n) is 6.48. The Morgan fingerprint density at radius 2 is 1.94 bits per heavy atom. The van der Waals surface area contributed by atoms with Crippen molar-refractivity contribution in [3.63, 3.8) is 0 Å². The van der Waals surface area contributed by atoms with Crippen LogP contribution < -0.4 is 4.90 Å². The first kappa shape index (κ1) is 20.5. The standard InChI is InChI=1S/C23H25F2N7O/c1-12(2)15-9-27-18-14(15)7-13(8-26-18)17-29-19(31-10-23(24,25)11-31)16-20(30-17)32-5-6-33-22(3,4)21(32)28-16/h7-9,12H,5-6,10-11H2,1-4H3,(H,26,27). The molecule has 33 heavy (non-hydrogen) atoms. The summed E-state index contributed by atoms with van der Waals surface area (Å²) in [5, 5.41) is 1.01. The molecule has 6 heterocycles. The molecule has 0 unspecified atom stereocenters. The van der Waals surface area contributed by atoms with Gasteiger partial charge in [0.2, 0.25) is 0 Å². The van der Waals surface area contributed by atoms with Crippen LogP contribution in [0.1, 0.15) is 45.0 Å². The Labute approximate surface area is 189 Å². The van der Waals surface area contributed by atoms with Crippen LogP contribution in [0.25, 0.3) is 33.6 Å². The predicted octanol–water partition coefficient (Wildman–Crippen LogP) is 4.21. The number of aromatic amines is 1. The second-order valence-corrected chi connectivity index (χ2v) is 9.72. The van der Waals surface area contributed by atoms with Gasteiger partial charge in [0.1, 0.15) is 17.1 Å². The highest BCUT2D eigenvalue weighted by molar-refractivity contribution is 5.89. The van der Waals surface area contributed by atoms with E-state index in [1.54, 1.807) is 11.1 Å². The average molecular weight is 453 g/mol. The number of nitrogens with zero attached hydrogens (tertiary/aromatic N) is 6. The number of imidazole rings is 1. The van der Waals surface area contributed by atoms with Crippen LogP contribution in [-0.4, -0.2) is 55.1 Å². The van der Waals surface area contributed by atoms with Crippen LogP contribution in [0, 0.1) is 0 Å². The summed E-state index contributed by atoms with van der Waals surface area (Å²) in [7, 11) is 0. The topological polar surface area (TPSA) is 84.8 Å².